The normalized spacial score (nSPS) is 10.0. The van der Waals surface area contributed by atoms with Crippen LogP contribution in [0, 0.1) is 0 Å². The number of aromatic nitrogens is 2. The molecule has 0 bridgehead atoms. The minimum absolute atomic E-state index is 0.234. The number of benzene rings is 1. The number of hydrogen-bond donors (Lipinski definition) is 1. The van der Waals surface area contributed by atoms with Gasteiger partial charge in [0.2, 0.25) is 0 Å². The minimum Gasteiger partial charge on any atom is -0.496 e. The molecule has 5 nitrogen and oxygen atoms in total. The highest BCUT2D eigenvalue weighted by Gasteiger charge is 2.15. The van der Waals surface area contributed by atoms with E-state index in [0.717, 1.165) is 0 Å². The van der Waals surface area contributed by atoms with Crippen LogP contribution in [0.15, 0.2) is 35.5 Å². The summed E-state index contributed by atoms with van der Waals surface area (Å²) >= 11 is 0. The SMILES string of the molecule is COc1cccc(OC)c1-c1cnc[nH]c1=O. The third-order valence-electron chi connectivity index (χ3n) is 2.42. The summed E-state index contributed by atoms with van der Waals surface area (Å²) in [6, 6.07) is 5.33. The summed E-state index contributed by atoms with van der Waals surface area (Å²) in [4.78, 5) is 18.2. The molecular weight excluding hydrogens is 220 g/mol. The standard InChI is InChI=1S/C12H12N2O3/c1-16-9-4-3-5-10(17-2)11(9)8-6-13-7-14-12(8)15/h3-7H,1-2H3,(H,13,14,15). The van der Waals surface area contributed by atoms with E-state index in [9.17, 15) is 4.79 Å². The monoisotopic (exact) mass is 232 g/mol. The fourth-order valence-electron chi connectivity index (χ4n) is 1.64. The molecule has 1 heterocycles. The van der Waals surface area contributed by atoms with Gasteiger partial charge < -0.3 is 14.5 Å². The van der Waals surface area contributed by atoms with Crippen LogP contribution < -0.4 is 15.0 Å². The Kier molecular flexibility index (Phi) is 3.09. The van der Waals surface area contributed by atoms with Gasteiger partial charge in [-0.1, -0.05) is 6.07 Å². The van der Waals surface area contributed by atoms with E-state index in [1.54, 1.807) is 32.4 Å². The first kappa shape index (κ1) is 11.2. The number of nitrogens with zero attached hydrogens (tertiary/aromatic N) is 1. The van der Waals surface area contributed by atoms with Gasteiger partial charge in [-0.25, -0.2) is 4.98 Å². The number of ether oxygens (including phenoxy) is 2. The summed E-state index contributed by atoms with van der Waals surface area (Å²) in [6.45, 7) is 0. The molecule has 0 spiro atoms. The van der Waals surface area contributed by atoms with Crippen LogP contribution in [0.4, 0.5) is 0 Å². The predicted octanol–water partition coefficient (Wildman–Crippen LogP) is 1.45. The summed E-state index contributed by atoms with van der Waals surface area (Å²) in [6.07, 6.45) is 2.83. The van der Waals surface area contributed by atoms with Crippen LogP contribution in [-0.4, -0.2) is 24.2 Å². The van der Waals surface area contributed by atoms with Crippen molar-refractivity contribution in [2.24, 2.45) is 0 Å². The summed E-state index contributed by atoms with van der Waals surface area (Å²) < 4.78 is 10.5. The van der Waals surface area contributed by atoms with Gasteiger partial charge in [0.25, 0.3) is 5.56 Å². The van der Waals surface area contributed by atoms with Crippen molar-refractivity contribution in [2.45, 2.75) is 0 Å². The Hall–Kier alpha value is -2.30. The van der Waals surface area contributed by atoms with E-state index >= 15 is 0 Å². The molecule has 1 aromatic carbocycles. The van der Waals surface area contributed by atoms with Gasteiger partial charge in [0, 0.05) is 6.20 Å². The average molecular weight is 232 g/mol. The minimum atomic E-state index is -0.234. The molecule has 5 heteroatoms. The second-order valence-corrected chi connectivity index (χ2v) is 3.33. The highest BCUT2D eigenvalue weighted by molar-refractivity contribution is 5.75. The lowest BCUT2D eigenvalue weighted by atomic mass is 10.1. The molecule has 0 fully saturated rings. The molecule has 0 radical (unpaired) electrons. The number of nitrogens with one attached hydrogen (secondary N) is 1. The van der Waals surface area contributed by atoms with Crippen molar-refractivity contribution in [3.05, 3.63) is 41.1 Å². The number of hydrogen-bond acceptors (Lipinski definition) is 4. The van der Waals surface area contributed by atoms with E-state index in [-0.39, 0.29) is 5.56 Å². The van der Waals surface area contributed by atoms with E-state index in [2.05, 4.69) is 9.97 Å². The Balaban J connectivity index is 2.73. The van der Waals surface area contributed by atoms with E-state index in [0.29, 0.717) is 22.6 Å². The van der Waals surface area contributed by atoms with Crippen molar-refractivity contribution in [1.82, 2.24) is 9.97 Å². The Morgan fingerprint density at radius 3 is 2.35 bits per heavy atom. The van der Waals surface area contributed by atoms with Gasteiger partial charge >= 0.3 is 0 Å². The maximum Gasteiger partial charge on any atom is 0.258 e. The Morgan fingerprint density at radius 2 is 1.82 bits per heavy atom. The molecule has 2 rings (SSSR count). The lowest BCUT2D eigenvalue weighted by Crippen LogP contribution is -2.09. The molecule has 17 heavy (non-hydrogen) atoms. The van der Waals surface area contributed by atoms with Gasteiger partial charge in [0.1, 0.15) is 11.5 Å². The predicted molar refractivity (Wildman–Crippen MR) is 63.4 cm³/mol. The largest absolute Gasteiger partial charge is 0.496 e. The van der Waals surface area contributed by atoms with Crippen molar-refractivity contribution in [3.8, 4) is 22.6 Å². The average Bonchev–Trinajstić information content (AvgIpc) is 2.38. The fraction of sp³-hybridized carbons (Fsp3) is 0.167. The van der Waals surface area contributed by atoms with Crippen LogP contribution in [0.2, 0.25) is 0 Å². The molecule has 0 amide bonds. The molecule has 0 saturated heterocycles. The lowest BCUT2D eigenvalue weighted by Gasteiger charge is -2.11. The van der Waals surface area contributed by atoms with E-state index in [1.807, 2.05) is 0 Å². The van der Waals surface area contributed by atoms with Gasteiger partial charge in [-0.05, 0) is 12.1 Å². The summed E-state index contributed by atoms with van der Waals surface area (Å²) in [5, 5.41) is 0. The molecule has 1 N–H and O–H groups in total. The highest BCUT2D eigenvalue weighted by atomic mass is 16.5. The molecule has 0 saturated carbocycles. The zero-order valence-corrected chi connectivity index (χ0v) is 9.56. The van der Waals surface area contributed by atoms with Gasteiger partial charge in [0.15, 0.2) is 0 Å². The van der Waals surface area contributed by atoms with Crippen LogP contribution >= 0.6 is 0 Å². The maximum atomic E-state index is 11.7. The van der Waals surface area contributed by atoms with Gasteiger partial charge in [-0.2, -0.15) is 0 Å². The van der Waals surface area contributed by atoms with Crippen LogP contribution in [0.3, 0.4) is 0 Å². The quantitative estimate of drug-likeness (QED) is 0.870. The van der Waals surface area contributed by atoms with Gasteiger partial charge in [0.05, 0.1) is 31.7 Å². The summed E-state index contributed by atoms with van der Waals surface area (Å²) in [5.41, 5.74) is 0.788. The van der Waals surface area contributed by atoms with E-state index in [1.165, 1.54) is 12.5 Å². The molecule has 0 atom stereocenters. The van der Waals surface area contributed by atoms with Crippen LogP contribution in [0.1, 0.15) is 0 Å². The third-order valence-corrected chi connectivity index (χ3v) is 2.42. The van der Waals surface area contributed by atoms with Gasteiger partial charge in [-0.15, -0.1) is 0 Å². The highest BCUT2D eigenvalue weighted by Crippen LogP contribution is 2.35. The molecule has 0 aliphatic carbocycles. The van der Waals surface area contributed by atoms with Crippen molar-refractivity contribution in [3.63, 3.8) is 0 Å². The number of H-pyrrole nitrogens is 1. The molecule has 88 valence electrons. The van der Waals surface area contributed by atoms with E-state index < -0.39 is 0 Å². The first-order valence-corrected chi connectivity index (χ1v) is 5.02. The van der Waals surface area contributed by atoms with E-state index in [4.69, 9.17) is 9.47 Å². The Bertz CT molecular complexity index is 556. The number of aromatic amines is 1. The van der Waals surface area contributed by atoms with Crippen LogP contribution in [-0.2, 0) is 0 Å². The summed E-state index contributed by atoms with van der Waals surface area (Å²) in [5.74, 6) is 1.14. The van der Waals surface area contributed by atoms with Crippen molar-refractivity contribution in [1.29, 1.82) is 0 Å². The maximum absolute atomic E-state index is 11.7. The second-order valence-electron chi connectivity index (χ2n) is 3.33. The first-order chi connectivity index (χ1) is 8.27. The zero-order valence-electron chi connectivity index (χ0n) is 9.56. The molecule has 0 aliphatic heterocycles. The number of methoxy groups -OCH3 is 2. The molecule has 1 aromatic heterocycles. The van der Waals surface area contributed by atoms with Crippen molar-refractivity contribution >= 4 is 0 Å². The van der Waals surface area contributed by atoms with Gasteiger partial charge in [-0.3, -0.25) is 4.79 Å². The van der Waals surface area contributed by atoms with Crippen molar-refractivity contribution < 1.29 is 9.47 Å². The molecule has 2 aromatic rings. The molecule has 0 aliphatic rings. The third kappa shape index (κ3) is 1.99. The van der Waals surface area contributed by atoms with Crippen LogP contribution in [0.5, 0.6) is 11.5 Å². The number of rotatable bonds is 3. The molecular formula is C12H12N2O3. The zero-order chi connectivity index (χ0) is 12.3. The topological polar surface area (TPSA) is 64.2 Å². The fourth-order valence-corrected chi connectivity index (χ4v) is 1.64. The smallest absolute Gasteiger partial charge is 0.258 e. The molecule has 0 unspecified atom stereocenters. The Labute approximate surface area is 98.0 Å². The van der Waals surface area contributed by atoms with Crippen LogP contribution in [0.25, 0.3) is 11.1 Å². The second kappa shape index (κ2) is 4.69. The first-order valence-electron chi connectivity index (χ1n) is 5.02. The van der Waals surface area contributed by atoms with Crippen molar-refractivity contribution in [2.75, 3.05) is 14.2 Å². The summed E-state index contributed by atoms with van der Waals surface area (Å²) in [7, 11) is 3.09. The Morgan fingerprint density at radius 1 is 1.18 bits per heavy atom. The lowest BCUT2D eigenvalue weighted by molar-refractivity contribution is 0.397.